The summed E-state index contributed by atoms with van der Waals surface area (Å²) in [6, 6.07) is 6.14. The summed E-state index contributed by atoms with van der Waals surface area (Å²) in [5.74, 6) is -0.862. The van der Waals surface area contributed by atoms with Gasteiger partial charge in [-0.2, -0.15) is 0 Å². The summed E-state index contributed by atoms with van der Waals surface area (Å²) in [5, 5.41) is 2.96. The summed E-state index contributed by atoms with van der Waals surface area (Å²) in [6.07, 6.45) is 1.64. The van der Waals surface area contributed by atoms with Crippen LogP contribution in [-0.4, -0.2) is 24.0 Å². The second kappa shape index (κ2) is 6.11. The number of ether oxygens (including phenoxy) is 1. The van der Waals surface area contributed by atoms with Crippen LogP contribution in [-0.2, 0) is 4.74 Å². The van der Waals surface area contributed by atoms with Crippen LogP contribution < -0.4 is 5.32 Å². The molecule has 7 heteroatoms. The van der Waals surface area contributed by atoms with Crippen LogP contribution >= 0.6 is 27.5 Å². The number of halogens is 2. The van der Waals surface area contributed by atoms with E-state index in [1.165, 1.54) is 25.3 Å². The number of aromatic amines is 1. The number of carbonyl (C=O) groups excluding carboxylic acids is 2. The zero-order valence-corrected chi connectivity index (χ0v) is 12.7. The highest BCUT2D eigenvalue weighted by Gasteiger charge is 2.13. The summed E-state index contributed by atoms with van der Waals surface area (Å²) in [7, 11) is 1.28. The Kier molecular flexibility index (Phi) is 4.46. The Labute approximate surface area is 128 Å². The molecule has 0 spiro atoms. The summed E-state index contributed by atoms with van der Waals surface area (Å²) in [6.45, 7) is 0. The van der Waals surface area contributed by atoms with Crippen molar-refractivity contribution in [3.8, 4) is 0 Å². The van der Waals surface area contributed by atoms with E-state index < -0.39 is 5.97 Å². The molecule has 0 saturated carbocycles. The number of carbonyl (C=O) groups is 2. The Morgan fingerprint density at radius 3 is 2.70 bits per heavy atom. The number of nitrogens with one attached hydrogen (secondary N) is 2. The van der Waals surface area contributed by atoms with Crippen molar-refractivity contribution >= 4 is 45.1 Å². The van der Waals surface area contributed by atoms with Crippen LogP contribution in [0.3, 0.4) is 0 Å². The number of hydrogen-bond acceptors (Lipinski definition) is 3. The van der Waals surface area contributed by atoms with Crippen LogP contribution in [0, 0.1) is 0 Å². The van der Waals surface area contributed by atoms with Gasteiger partial charge in [0, 0.05) is 10.7 Å². The number of anilines is 1. The van der Waals surface area contributed by atoms with Gasteiger partial charge in [0.15, 0.2) is 0 Å². The highest BCUT2D eigenvalue weighted by molar-refractivity contribution is 9.10. The Hall–Kier alpha value is -1.79. The number of hydrogen-bond donors (Lipinski definition) is 2. The first-order valence-corrected chi connectivity index (χ1v) is 6.71. The van der Waals surface area contributed by atoms with Crippen LogP contribution in [0.1, 0.15) is 20.8 Å². The van der Waals surface area contributed by atoms with E-state index in [4.69, 9.17) is 11.6 Å². The first-order valence-electron chi connectivity index (χ1n) is 5.54. The molecule has 104 valence electrons. The minimum atomic E-state index is -0.500. The second-order valence-corrected chi connectivity index (χ2v) is 5.19. The van der Waals surface area contributed by atoms with Crippen molar-refractivity contribution in [2.75, 3.05) is 12.4 Å². The Morgan fingerprint density at radius 1 is 1.35 bits per heavy atom. The number of methoxy groups -OCH3 is 1. The average Bonchev–Trinajstić information content (AvgIpc) is 2.87. The Morgan fingerprint density at radius 2 is 2.10 bits per heavy atom. The zero-order valence-electron chi connectivity index (χ0n) is 10.4. The van der Waals surface area contributed by atoms with Gasteiger partial charge in [-0.3, -0.25) is 4.79 Å². The van der Waals surface area contributed by atoms with Crippen molar-refractivity contribution in [2.45, 2.75) is 0 Å². The van der Waals surface area contributed by atoms with E-state index in [0.29, 0.717) is 22.0 Å². The molecule has 2 aromatic rings. The fourth-order valence-corrected chi connectivity index (χ4v) is 2.06. The molecule has 1 aromatic heterocycles. The molecule has 0 saturated heterocycles. The highest BCUT2D eigenvalue weighted by Crippen LogP contribution is 2.24. The maximum Gasteiger partial charge on any atom is 0.337 e. The number of rotatable bonds is 3. The predicted octanol–water partition coefficient (Wildman–Crippen LogP) is 3.47. The van der Waals surface area contributed by atoms with Gasteiger partial charge in [-0.25, -0.2) is 4.79 Å². The van der Waals surface area contributed by atoms with Crippen molar-refractivity contribution in [3.63, 3.8) is 0 Å². The van der Waals surface area contributed by atoms with Crippen molar-refractivity contribution in [2.24, 2.45) is 0 Å². The molecule has 0 unspecified atom stereocenters. The first kappa shape index (κ1) is 14.6. The van der Waals surface area contributed by atoms with Gasteiger partial charge in [-0.05, 0) is 40.2 Å². The lowest BCUT2D eigenvalue weighted by Gasteiger charge is -2.08. The van der Waals surface area contributed by atoms with E-state index in [9.17, 15) is 9.59 Å². The topological polar surface area (TPSA) is 71.2 Å². The molecule has 2 rings (SSSR count). The SMILES string of the molecule is COC(=O)c1ccc(Cl)c(NC(=O)c2cc(Br)c[nH]2)c1. The molecule has 5 nitrogen and oxygen atoms in total. The van der Waals surface area contributed by atoms with Gasteiger partial charge < -0.3 is 15.0 Å². The monoisotopic (exact) mass is 356 g/mol. The van der Waals surface area contributed by atoms with Gasteiger partial charge in [0.05, 0.1) is 23.4 Å². The highest BCUT2D eigenvalue weighted by atomic mass is 79.9. The van der Waals surface area contributed by atoms with E-state index in [1.807, 2.05) is 0 Å². The smallest absolute Gasteiger partial charge is 0.337 e. The summed E-state index contributed by atoms with van der Waals surface area (Å²) >= 11 is 9.24. The van der Waals surface area contributed by atoms with Crippen LogP contribution in [0.4, 0.5) is 5.69 Å². The second-order valence-electron chi connectivity index (χ2n) is 3.87. The van der Waals surface area contributed by atoms with E-state index in [-0.39, 0.29) is 5.91 Å². The fourth-order valence-electron chi connectivity index (χ4n) is 1.55. The zero-order chi connectivity index (χ0) is 14.7. The largest absolute Gasteiger partial charge is 0.465 e. The molecule has 0 bridgehead atoms. The molecule has 20 heavy (non-hydrogen) atoms. The van der Waals surface area contributed by atoms with Crippen LogP contribution in [0.5, 0.6) is 0 Å². The van der Waals surface area contributed by atoms with Gasteiger partial charge in [-0.1, -0.05) is 11.6 Å². The summed E-state index contributed by atoms with van der Waals surface area (Å²) < 4.78 is 5.38. The summed E-state index contributed by atoms with van der Waals surface area (Å²) in [4.78, 5) is 26.2. The lowest BCUT2D eigenvalue weighted by molar-refractivity contribution is 0.0600. The van der Waals surface area contributed by atoms with Crippen molar-refractivity contribution < 1.29 is 14.3 Å². The molecule has 0 aliphatic carbocycles. The van der Waals surface area contributed by atoms with Gasteiger partial charge in [0.25, 0.3) is 5.91 Å². The van der Waals surface area contributed by atoms with Gasteiger partial charge in [0.2, 0.25) is 0 Å². The maximum atomic E-state index is 12.0. The normalized spacial score (nSPS) is 10.2. The lowest BCUT2D eigenvalue weighted by Crippen LogP contribution is -2.13. The molecule has 0 aliphatic rings. The third kappa shape index (κ3) is 3.20. The minimum absolute atomic E-state index is 0.305. The average molecular weight is 358 g/mol. The number of esters is 1. The standard InChI is InChI=1S/C13H10BrClN2O3/c1-20-13(19)7-2-3-9(15)10(4-7)17-12(18)11-5-8(14)6-16-11/h2-6,16H,1H3,(H,17,18). The van der Waals surface area contributed by atoms with Gasteiger partial charge in [-0.15, -0.1) is 0 Å². The molecule has 0 radical (unpaired) electrons. The molecule has 0 aliphatic heterocycles. The van der Waals surface area contributed by atoms with E-state index in [2.05, 4.69) is 31.0 Å². The third-order valence-electron chi connectivity index (χ3n) is 2.53. The van der Waals surface area contributed by atoms with Crippen LogP contribution in [0.25, 0.3) is 0 Å². The van der Waals surface area contributed by atoms with E-state index >= 15 is 0 Å². The third-order valence-corrected chi connectivity index (χ3v) is 3.32. The van der Waals surface area contributed by atoms with E-state index in [0.717, 1.165) is 4.47 Å². The Balaban J connectivity index is 2.24. The lowest BCUT2D eigenvalue weighted by atomic mass is 10.2. The summed E-state index contributed by atoms with van der Waals surface area (Å²) in [5.41, 5.74) is 1.02. The maximum absolute atomic E-state index is 12.0. The predicted molar refractivity (Wildman–Crippen MR) is 79.2 cm³/mol. The quantitative estimate of drug-likeness (QED) is 0.826. The molecule has 0 fully saturated rings. The number of aromatic nitrogens is 1. The minimum Gasteiger partial charge on any atom is -0.465 e. The Bertz CT molecular complexity index is 669. The molecule has 1 amide bonds. The van der Waals surface area contributed by atoms with Crippen molar-refractivity contribution in [1.82, 2.24) is 4.98 Å². The molecular formula is C13H10BrClN2O3. The molecule has 1 aromatic carbocycles. The van der Waals surface area contributed by atoms with Gasteiger partial charge in [0.1, 0.15) is 5.69 Å². The number of benzene rings is 1. The molecule has 2 N–H and O–H groups in total. The molecule has 1 heterocycles. The number of H-pyrrole nitrogens is 1. The van der Waals surface area contributed by atoms with E-state index in [1.54, 1.807) is 12.3 Å². The van der Waals surface area contributed by atoms with Crippen LogP contribution in [0.2, 0.25) is 5.02 Å². The first-order chi connectivity index (χ1) is 9.51. The van der Waals surface area contributed by atoms with Crippen LogP contribution in [0.15, 0.2) is 34.9 Å². The molecular weight excluding hydrogens is 348 g/mol. The van der Waals surface area contributed by atoms with Gasteiger partial charge >= 0.3 is 5.97 Å². The molecule has 0 atom stereocenters. The fraction of sp³-hybridized carbons (Fsp3) is 0.0769. The van der Waals surface area contributed by atoms with Crippen molar-refractivity contribution in [3.05, 3.63) is 51.2 Å². The van der Waals surface area contributed by atoms with Crippen molar-refractivity contribution in [1.29, 1.82) is 0 Å². The number of amides is 1.